The maximum absolute atomic E-state index is 9.08. The van der Waals surface area contributed by atoms with Crippen LogP contribution in [0.15, 0.2) is 24.0 Å². The summed E-state index contributed by atoms with van der Waals surface area (Å²) in [5.74, 6) is 0. The minimum Gasteiger partial charge on any atom is -0.748 e. The van der Waals surface area contributed by atoms with Crippen LogP contribution in [0.2, 0.25) is 0 Å². The SMILES string of the molecule is CCCCC[NH+]1C=CC=C1C.CS(=O)(=O)[O-]. The van der Waals surface area contributed by atoms with E-state index in [1.807, 2.05) is 0 Å². The molecular weight excluding hydrogens is 226 g/mol. The highest BCUT2D eigenvalue weighted by Gasteiger charge is 2.09. The van der Waals surface area contributed by atoms with E-state index in [9.17, 15) is 0 Å². The Bertz CT molecular complexity index is 336. The highest BCUT2D eigenvalue weighted by atomic mass is 32.2. The summed E-state index contributed by atoms with van der Waals surface area (Å²) in [6.07, 6.45) is 11.2. The van der Waals surface area contributed by atoms with Gasteiger partial charge in [-0.3, -0.25) is 4.90 Å². The van der Waals surface area contributed by atoms with Gasteiger partial charge in [-0.05, 0) is 25.0 Å². The van der Waals surface area contributed by atoms with E-state index in [0.29, 0.717) is 6.26 Å². The first kappa shape index (κ1) is 15.3. The van der Waals surface area contributed by atoms with Gasteiger partial charge < -0.3 is 4.55 Å². The standard InChI is InChI=1S/C10H17N.CH4O3S/c1-3-4-5-8-11-9-6-7-10(11)2;1-5(2,3)4/h6-7,9H,3-5,8H2,1-2H3;1H3,(H,2,3,4). The van der Waals surface area contributed by atoms with E-state index in [4.69, 9.17) is 13.0 Å². The van der Waals surface area contributed by atoms with Gasteiger partial charge in [-0.15, -0.1) is 0 Å². The maximum Gasteiger partial charge on any atom is 0.109 e. The van der Waals surface area contributed by atoms with E-state index < -0.39 is 10.1 Å². The van der Waals surface area contributed by atoms with Crippen molar-refractivity contribution in [3.8, 4) is 0 Å². The predicted octanol–water partition coefficient (Wildman–Crippen LogP) is 0.654. The highest BCUT2D eigenvalue weighted by Crippen LogP contribution is 1.93. The van der Waals surface area contributed by atoms with Crippen LogP contribution in [0.3, 0.4) is 0 Å². The Morgan fingerprint density at radius 1 is 1.38 bits per heavy atom. The summed E-state index contributed by atoms with van der Waals surface area (Å²) in [4.78, 5) is 1.54. The normalized spacial score (nSPS) is 19.0. The topological polar surface area (TPSA) is 61.6 Å². The summed E-state index contributed by atoms with van der Waals surface area (Å²) < 4.78 is 27.2. The van der Waals surface area contributed by atoms with Crippen LogP contribution in [0.4, 0.5) is 0 Å². The van der Waals surface area contributed by atoms with E-state index in [1.165, 1.54) is 31.5 Å². The second kappa shape index (κ2) is 7.60. The predicted molar refractivity (Wildman–Crippen MR) is 63.9 cm³/mol. The van der Waals surface area contributed by atoms with Crippen LogP contribution in [0.25, 0.3) is 0 Å². The van der Waals surface area contributed by atoms with E-state index in [0.717, 1.165) is 0 Å². The monoisotopic (exact) mass is 247 g/mol. The number of unbranched alkanes of at least 4 members (excludes halogenated alkanes) is 2. The Morgan fingerprint density at radius 3 is 2.31 bits per heavy atom. The molecule has 0 aromatic rings. The second-order valence-corrected chi connectivity index (χ2v) is 5.30. The third kappa shape index (κ3) is 9.89. The Kier molecular flexibility index (Phi) is 7.29. The number of allylic oxidation sites excluding steroid dienone is 3. The van der Waals surface area contributed by atoms with Gasteiger partial charge >= 0.3 is 0 Å². The molecule has 4 nitrogen and oxygen atoms in total. The molecule has 1 aliphatic heterocycles. The third-order valence-corrected chi connectivity index (χ3v) is 2.20. The zero-order valence-electron chi connectivity index (χ0n) is 10.2. The van der Waals surface area contributed by atoms with Gasteiger partial charge in [0.1, 0.15) is 5.70 Å². The smallest absolute Gasteiger partial charge is 0.109 e. The number of hydrogen-bond donors (Lipinski definition) is 1. The van der Waals surface area contributed by atoms with Gasteiger partial charge in [0.2, 0.25) is 0 Å². The Balaban J connectivity index is 0.000000385. The molecule has 1 unspecified atom stereocenters. The summed E-state index contributed by atoms with van der Waals surface area (Å²) in [7, 11) is -3.92. The number of nitrogens with one attached hydrogen (secondary N) is 1. The maximum atomic E-state index is 9.08. The lowest BCUT2D eigenvalue weighted by Crippen LogP contribution is -3.04. The largest absolute Gasteiger partial charge is 0.748 e. The fraction of sp³-hybridized carbons (Fsp3) is 0.636. The molecule has 0 bridgehead atoms. The molecule has 0 saturated heterocycles. The van der Waals surface area contributed by atoms with E-state index >= 15 is 0 Å². The lowest BCUT2D eigenvalue weighted by atomic mass is 10.2. The first-order valence-electron chi connectivity index (χ1n) is 5.46. The van der Waals surface area contributed by atoms with Crippen molar-refractivity contribution < 1.29 is 17.9 Å². The molecule has 1 N–H and O–H groups in total. The van der Waals surface area contributed by atoms with Crippen molar-refractivity contribution in [3.63, 3.8) is 0 Å². The molecule has 0 aliphatic carbocycles. The molecule has 0 fully saturated rings. The minimum atomic E-state index is -3.92. The van der Waals surface area contributed by atoms with Gasteiger partial charge in [0.05, 0.1) is 22.9 Å². The summed E-state index contributed by atoms with van der Waals surface area (Å²) in [6, 6.07) is 0. The molecule has 0 aromatic carbocycles. The summed E-state index contributed by atoms with van der Waals surface area (Å²) in [6.45, 7) is 5.71. The average Bonchev–Trinajstić information content (AvgIpc) is 2.49. The molecule has 0 saturated carbocycles. The Hall–Kier alpha value is -0.650. The summed E-state index contributed by atoms with van der Waals surface area (Å²) in [5.41, 5.74) is 1.46. The van der Waals surface area contributed by atoms with Crippen LogP contribution in [-0.4, -0.2) is 25.8 Å². The van der Waals surface area contributed by atoms with Crippen LogP contribution in [0, 0.1) is 0 Å². The summed E-state index contributed by atoms with van der Waals surface area (Å²) in [5, 5.41) is 0. The Labute approximate surface area is 98.4 Å². The van der Waals surface area contributed by atoms with Gasteiger partial charge in [-0.1, -0.05) is 13.3 Å². The number of quaternary nitrogens is 1. The molecule has 16 heavy (non-hydrogen) atoms. The van der Waals surface area contributed by atoms with Crippen LogP contribution in [0.1, 0.15) is 33.1 Å². The fourth-order valence-corrected chi connectivity index (χ4v) is 1.39. The van der Waals surface area contributed by atoms with Crippen molar-refractivity contribution in [3.05, 3.63) is 24.0 Å². The lowest BCUT2D eigenvalue weighted by Gasteiger charge is -2.10. The highest BCUT2D eigenvalue weighted by molar-refractivity contribution is 7.84. The van der Waals surface area contributed by atoms with Crippen LogP contribution in [0.5, 0.6) is 0 Å². The van der Waals surface area contributed by atoms with Gasteiger partial charge in [-0.25, -0.2) is 8.42 Å². The molecule has 0 spiro atoms. The van der Waals surface area contributed by atoms with Crippen LogP contribution in [-0.2, 0) is 10.1 Å². The van der Waals surface area contributed by atoms with Crippen LogP contribution >= 0.6 is 0 Å². The quantitative estimate of drug-likeness (QED) is 0.586. The zero-order chi connectivity index (χ0) is 12.6. The third-order valence-electron chi connectivity index (χ3n) is 2.20. The van der Waals surface area contributed by atoms with Crippen molar-refractivity contribution >= 4 is 10.1 Å². The fourth-order valence-electron chi connectivity index (χ4n) is 1.39. The molecule has 1 aliphatic rings. The lowest BCUT2D eigenvalue weighted by molar-refractivity contribution is -0.802. The number of rotatable bonds is 4. The molecule has 0 amide bonds. The molecule has 1 atom stereocenters. The Morgan fingerprint density at radius 2 is 1.94 bits per heavy atom. The van der Waals surface area contributed by atoms with Crippen LogP contribution < -0.4 is 4.90 Å². The van der Waals surface area contributed by atoms with Gasteiger partial charge in [0.15, 0.2) is 0 Å². The average molecular weight is 247 g/mol. The molecule has 1 heterocycles. The van der Waals surface area contributed by atoms with Crippen molar-refractivity contribution in [2.24, 2.45) is 0 Å². The number of hydrogen-bond acceptors (Lipinski definition) is 3. The van der Waals surface area contributed by atoms with Crippen molar-refractivity contribution in [1.82, 2.24) is 0 Å². The van der Waals surface area contributed by atoms with Gasteiger partial charge in [0.25, 0.3) is 0 Å². The van der Waals surface area contributed by atoms with E-state index in [1.54, 1.807) is 4.90 Å². The van der Waals surface area contributed by atoms with Gasteiger partial charge in [0, 0.05) is 13.2 Å². The molecule has 94 valence electrons. The first-order chi connectivity index (χ1) is 7.34. The van der Waals surface area contributed by atoms with E-state index in [-0.39, 0.29) is 0 Å². The van der Waals surface area contributed by atoms with Crippen molar-refractivity contribution in [1.29, 1.82) is 0 Å². The molecule has 1 rings (SSSR count). The molecule has 0 aromatic heterocycles. The van der Waals surface area contributed by atoms with Crippen molar-refractivity contribution in [2.75, 3.05) is 12.8 Å². The molecular formula is C11H21NO3S. The van der Waals surface area contributed by atoms with E-state index in [2.05, 4.69) is 32.2 Å². The summed E-state index contributed by atoms with van der Waals surface area (Å²) >= 11 is 0. The zero-order valence-corrected chi connectivity index (χ0v) is 11.0. The molecule has 5 heteroatoms. The molecule has 0 radical (unpaired) electrons. The van der Waals surface area contributed by atoms with Gasteiger partial charge in [-0.2, -0.15) is 0 Å². The van der Waals surface area contributed by atoms with Crippen molar-refractivity contribution in [2.45, 2.75) is 33.1 Å². The second-order valence-electron chi connectivity index (χ2n) is 3.90. The minimum absolute atomic E-state index is 0.604. The first-order valence-corrected chi connectivity index (χ1v) is 7.28.